The number of hydrogen-bond donors (Lipinski definition) is 3. The number of imidazole rings is 1. The van der Waals surface area contributed by atoms with Crippen LogP contribution in [0.1, 0.15) is 28.9 Å². The summed E-state index contributed by atoms with van der Waals surface area (Å²) in [6.45, 7) is 0.527. The Kier molecular flexibility index (Phi) is 5.38. The Morgan fingerprint density at radius 1 is 1.19 bits per heavy atom. The number of urea groups is 1. The van der Waals surface area contributed by atoms with Gasteiger partial charge in [-0.25, -0.2) is 9.78 Å². The Bertz CT molecular complexity index is 1220. The van der Waals surface area contributed by atoms with Gasteiger partial charge in [-0.2, -0.15) is 5.10 Å². The number of halogens is 1. The number of anilines is 1. The molecule has 1 aliphatic rings. The highest BCUT2D eigenvalue weighted by molar-refractivity contribution is 6.30. The number of aromatic amines is 1. The molecule has 0 aliphatic carbocycles. The predicted octanol–water partition coefficient (Wildman–Crippen LogP) is 3.76. The minimum Gasteiger partial charge on any atom is -0.335 e. The molecule has 1 fully saturated rings. The standard InChI is InChI=1S/C23H22ClN7O/c24-17-4-6-18(7-5-17)30-13-20(27-14-30)19(25)11-15-2-1-3-16(10-15)21-12-26-23(32)31(21)22-8-9-28-29-22/h1-10,13-14,19,21H,11-12,25H2,(H,26,32)(H,28,29)/t19-,21+/m0/s1. The van der Waals surface area contributed by atoms with Crippen LogP contribution in [0.3, 0.4) is 0 Å². The van der Waals surface area contributed by atoms with Gasteiger partial charge in [0.05, 0.1) is 30.3 Å². The molecule has 2 aromatic heterocycles. The molecule has 0 saturated carbocycles. The number of aromatic nitrogens is 4. The highest BCUT2D eigenvalue weighted by Gasteiger charge is 2.34. The van der Waals surface area contributed by atoms with Crippen LogP contribution in [0.15, 0.2) is 73.3 Å². The van der Waals surface area contributed by atoms with Gasteiger partial charge >= 0.3 is 6.03 Å². The Morgan fingerprint density at radius 2 is 2.03 bits per heavy atom. The number of carbonyl (C=O) groups is 1. The second kappa shape index (κ2) is 8.49. The van der Waals surface area contributed by atoms with Crippen molar-refractivity contribution in [1.82, 2.24) is 25.1 Å². The smallest absolute Gasteiger partial charge is 0.323 e. The zero-order valence-corrected chi connectivity index (χ0v) is 17.9. The van der Waals surface area contributed by atoms with Crippen molar-refractivity contribution >= 4 is 23.4 Å². The number of nitrogens with one attached hydrogen (secondary N) is 2. The lowest BCUT2D eigenvalue weighted by Crippen LogP contribution is -2.30. The number of nitrogens with zero attached hydrogens (tertiary/aromatic N) is 4. The van der Waals surface area contributed by atoms with E-state index in [0.29, 0.717) is 23.8 Å². The summed E-state index contributed by atoms with van der Waals surface area (Å²) in [6, 6.07) is 17.0. The molecule has 4 aromatic rings. The molecule has 0 spiro atoms. The molecule has 2 amide bonds. The van der Waals surface area contributed by atoms with Crippen molar-refractivity contribution < 1.29 is 4.79 Å². The number of rotatable bonds is 6. The van der Waals surface area contributed by atoms with Gasteiger partial charge in [-0.1, -0.05) is 35.9 Å². The molecule has 0 bridgehead atoms. The molecule has 4 N–H and O–H groups in total. The minimum atomic E-state index is -0.258. The zero-order chi connectivity index (χ0) is 22.1. The van der Waals surface area contributed by atoms with E-state index in [1.165, 1.54) is 0 Å². The molecule has 2 atom stereocenters. The monoisotopic (exact) mass is 447 g/mol. The number of amides is 2. The average molecular weight is 448 g/mol. The maximum absolute atomic E-state index is 12.4. The summed E-state index contributed by atoms with van der Waals surface area (Å²) in [5, 5.41) is 10.4. The molecule has 1 aliphatic heterocycles. The SMILES string of the molecule is N[C@@H](Cc1cccc([C@H]2CNC(=O)N2c2ccn[nH]2)c1)c1cn(-c2ccc(Cl)cc2)cn1. The number of H-pyrrole nitrogens is 1. The van der Waals surface area contributed by atoms with E-state index in [2.05, 4.69) is 26.6 Å². The Hall–Kier alpha value is -3.62. The fourth-order valence-corrected chi connectivity index (χ4v) is 4.12. The second-order valence-electron chi connectivity index (χ2n) is 7.75. The first-order valence-electron chi connectivity index (χ1n) is 10.3. The number of benzene rings is 2. The molecule has 0 unspecified atom stereocenters. The van der Waals surface area contributed by atoms with E-state index in [0.717, 1.165) is 22.5 Å². The highest BCUT2D eigenvalue weighted by atomic mass is 35.5. The summed E-state index contributed by atoms with van der Waals surface area (Å²) in [4.78, 5) is 18.6. The van der Waals surface area contributed by atoms with Crippen LogP contribution < -0.4 is 16.0 Å². The fourth-order valence-electron chi connectivity index (χ4n) is 4.00. The van der Waals surface area contributed by atoms with Gasteiger partial charge in [-0.3, -0.25) is 10.00 Å². The predicted molar refractivity (Wildman–Crippen MR) is 123 cm³/mol. The van der Waals surface area contributed by atoms with Crippen LogP contribution in [0, 0.1) is 0 Å². The molecule has 5 rings (SSSR count). The maximum Gasteiger partial charge on any atom is 0.323 e. The third-order valence-corrected chi connectivity index (χ3v) is 5.87. The maximum atomic E-state index is 12.4. The Balaban J connectivity index is 1.33. The first-order chi connectivity index (χ1) is 15.6. The summed E-state index contributed by atoms with van der Waals surface area (Å²) in [5.41, 5.74) is 10.4. The van der Waals surface area contributed by atoms with Gasteiger partial charge < -0.3 is 15.6 Å². The van der Waals surface area contributed by atoms with E-state index in [4.69, 9.17) is 17.3 Å². The highest BCUT2D eigenvalue weighted by Crippen LogP contribution is 2.30. The molecule has 3 heterocycles. The van der Waals surface area contributed by atoms with E-state index < -0.39 is 0 Å². The minimum absolute atomic E-state index is 0.122. The molecule has 162 valence electrons. The zero-order valence-electron chi connectivity index (χ0n) is 17.1. The van der Waals surface area contributed by atoms with Crippen LogP contribution in [0.25, 0.3) is 5.69 Å². The fraction of sp³-hybridized carbons (Fsp3) is 0.174. The van der Waals surface area contributed by atoms with Gasteiger partial charge in [-0.15, -0.1) is 0 Å². The molecule has 9 heteroatoms. The Labute approximate surface area is 190 Å². The van der Waals surface area contributed by atoms with Crippen molar-refractivity contribution in [2.24, 2.45) is 5.73 Å². The lowest BCUT2D eigenvalue weighted by molar-refractivity contribution is 0.251. The van der Waals surface area contributed by atoms with Crippen molar-refractivity contribution in [3.8, 4) is 5.69 Å². The van der Waals surface area contributed by atoms with Crippen LogP contribution in [0.2, 0.25) is 5.02 Å². The van der Waals surface area contributed by atoms with E-state index in [1.807, 2.05) is 53.2 Å². The van der Waals surface area contributed by atoms with Crippen molar-refractivity contribution in [1.29, 1.82) is 0 Å². The summed E-state index contributed by atoms with van der Waals surface area (Å²) >= 11 is 5.98. The third-order valence-electron chi connectivity index (χ3n) is 5.62. The van der Waals surface area contributed by atoms with Crippen LogP contribution in [0.5, 0.6) is 0 Å². The van der Waals surface area contributed by atoms with E-state index in [9.17, 15) is 4.79 Å². The summed E-state index contributed by atoms with van der Waals surface area (Å²) < 4.78 is 1.93. The molecule has 8 nitrogen and oxygen atoms in total. The molecule has 0 radical (unpaired) electrons. The van der Waals surface area contributed by atoms with Crippen LogP contribution in [-0.2, 0) is 6.42 Å². The van der Waals surface area contributed by atoms with Gasteiger partial charge in [0.15, 0.2) is 0 Å². The van der Waals surface area contributed by atoms with Crippen molar-refractivity contribution in [2.45, 2.75) is 18.5 Å². The van der Waals surface area contributed by atoms with E-state index >= 15 is 0 Å². The second-order valence-corrected chi connectivity index (χ2v) is 8.19. The van der Waals surface area contributed by atoms with Crippen molar-refractivity contribution in [3.05, 3.63) is 95.2 Å². The largest absolute Gasteiger partial charge is 0.335 e. The first-order valence-corrected chi connectivity index (χ1v) is 10.7. The van der Waals surface area contributed by atoms with Gasteiger partial charge in [-0.05, 0) is 41.8 Å². The van der Waals surface area contributed by atoms with E-state index in [1.54, 1.807) is 23.5 Å². The number of carbonyl (C=O) groups excluding carboxylic acids is 1. The lowest BCUT2D eigenvalue weighted by Gasteiger charge is -2.22. The van der Waals surface area contributed by atoms with Crippen molar-refractivity contribution in [3.63, 3.8) is 0 Å². The Morgan fingerprint density at radius 3 is 2.81 bits per heavy atom. The van der Waals surface area contributed by atoms with Gasteiger partial charge in [0, 0.05) is 29.5 Å². The first kappa shape index (κ1) is 20.3. The quantitative estimate of drug-likeness (QED) is 0.418. The van der Waals surface area contributed by atoms with Gasteiger partial charge in [0.2, 0.25) is 0 Å². The molecule has 1 saturated heterocycles. The summed E-state index contributed by atoms with van der Waals surface area (Å²) in [7, 11) is 0. The van der Waals surface area contributed by atoms with Gasteiger partial charge in [0.25, 0.3) is 0 Å². The van der Waals surface area contributed by atoms with Crippen molar-refractivity contribution in [2.75, 3.05) is 11.4 Å². The lowest BCUT2D eigenvalue weighted by atomic mass is 9.99. The normalized spacial score (nSPS) is 16.9. The number of nitrogens with two attached hydrogens (primary N) is 1. The van der Waals surface area contributed by atoms with Crippen LogP contribution in [-0.4, -0.2) is 32.3 Å². The topological polar surface area (TPSA) is 105 Å². The third kappa shape index (κ3) is 3.98. The average Bonchev–Trinajstić information content (AvgIpc) is 3.55. The summed E-state index contributed by atoms with van der Waals surface area (Å²) in [6.07, 6.45) is 5.96. The van der Waals surface area contributed by atoms with Gasteiger partial charge in [0.1, 0.15) is 5.82 Å². The molecular formula is C23H22ClN7O. The van der Waals surface area contributed by atoms with Crippen LogP contribution in [0.4, 0.5) is 10.6 Å². The van der Waals surface area contributed by atoms with E-state index in [-0.39, 0.29) is 18.1 Å². The summed E-state index contributed by atoms with van der Waals surface area (Å²) in [5.74, 6) is 0.667. The molecular weight excluding hydrogens is 426 g/mol. The number of hydrogen-bond acceptors (Lipinski definition) is 4. The molecule has 32 heavy (non-hydrogen) atoms. The molecule has 2 aromatic carbocycles. The van der Waals surface area contributed by atoms with Crippen LogP contribution >= 0.6 is 11.6 Å².